The van der Waals surface area contributed by atoms with Crippen molar-refractivity contribution in [1.82, 2.24) is 4.98 Å². The minimum atomic E-state index is -4.93. The van der Waals surface area contributed by atoms with Gasteiger partial charge in [0.15, 0.2) is 10.8 Å². The van der Waals surface area contributed by atoms with E-state index in [0.29, 0.717) is 5.56 Å². The summed E-state index contributed by atoms with van der Waals surface area (Å²) >= 11 is 0.225. The fourth-order valence-corrected chi connectivity index (χ4v) is 2.57. The van der Waals surface area contributed by atoms with Crippen LogP contribution in [-0.4, -0.2) is 27.1 Å². The zero-order valence-electron chi connectivity index (χ0n) is 11.2. The van der Waals surface area contributed by atoms with Crippen molar-refractivity contribution in [3.63, 3.8) is 0 Å². The van der Waals surface area contributed by atoms with Crippen LogP contribution in [0.3, 0.4) is 0 Å². The van der Waals surface area contributed by atoms with Gasteiger partial charge in [0.2, 0.25) is 5.91 Å². The van der Waals surface area contributed by atoms with E-state index in [1.807, 2.05) is 0 Å². The maximum atomic E-state index is 12.7. The average Bonchev–Trinajstić information content (AvgIpc) is 2.82. The number of phenols is 1. The molecule has 2 rings (SSSR count). The maximum absolute atomic E-state index is 12.7. The highest BCUT2D eigenvalue weighted by Gasteiger charge is 2.39. The molecule has 0 atom stereocenters. The second kappa shape index (κ2) is 6.24. The maximum Gasteiger partial charge on any atom is 0.435 e. The molecule has 1 aromatic heterocycles. The van der Waals surface area contributed by atoms with E-state index in [1.54, 1.807) is 6.07 Å². The molecule has 0 spiro atoms. The molecule has 23 heavy (non-hydrogen) atoms. The van der Waals surface area contributed by atoms with Crippen LogP contribution in [-0.2, 0) is 17.4 Å². The Kier molecular flexibility index (Phi) is 4.55. The van der Waals surface area contributed by atoms with Crippen molar-refractivity contribution >= 4 is 28.3 Å². The first kappa shape index (κ1) is 16.7. The van der Waals surface area contributed by atoms with E-state index in [4.69, 9.17) is 5.11 Å². The number of hydrogen-bond acceptors (Lipinski definition) is 5. The largest absolute Gasteiger partial charge is 0.508 e. The van der Waals surface area contributed by atoms with Crippen molar-refractivity contribution in [2.45, 2.75) is 12.6 Å². The molecule has 0 unspecified atom stereocenters. The number of carbonyl (C=O) groups excluding carboxylic acids is 1. The molecule has 0 aliphatic carbocycles. The number of nitrogens with zero attached hydrogens (tertiary/aromatic N) is 1. The molecule has 0 saturated carbocycles. The summed E-state index contributed by atoms with van der Waals surface area (Å²) < 4.78 is 38.1. The highest BCUT2D eigenvalue weighted by atomic mass is 32.1. The van der Waals surface area contributed by atoms with Gasteiger partial charge in [0, 0.05) is 0 Å². The summed E-state index contributed by atoms with van der Waals surface area (Å²) in [5, 5.41) is 19.7. The van der Waals surface area contributed by atoms with Gasteiger partial charge in [-0.1, -0.05) is 23.5 Å². The molecule has 0 fully saturated rings. The number of aromatic nitrogens is 1. The van der Waals surface area contributed by atoms with Crippen LogP contribution in [0.2, 0.25) is 0 Å². The number of anilines is 1. The number of alkyl halides is 3. The molecule has 6 nitrogen and oxygen atoms in total. The third-order valence-corrected chi connectivity index (χ3v) is 3.57. The number of hydrogen-bond donors (Lipinski definition) is 3. The summed E-state index contributed by atoms with van der Waals surface area (Å²) in [6.07, 6.45) is -5.14. The number of aromatic hydroxyl groups is 1. The molecular formula is C13H9F3N2O4S. The fourth-order valence-electron chi connectivity index (χ4n) is 1.73. The lowest BCUT2D eigenvalue weighted by atomic mass is 10.1. The fraction of sp³-hybridized carbons (Fsp3) is 0.154. The monoisotopic (exact) mass is 346 g/mol. The number of rotatable bonds is 4. The van der Waals surface area contributed by atoms with Crippen molar-refractivity contribution in [3.05, 3.63) is 40.4 Å². The molecule has 1 amide bonds. The van der Waals surface area contributed by atoms with Crippen molar-refractivity contribution in [2.75, 3.05) is 5.32 Å². The van der Waals surface area contributed by atoms with Crippen molar-refractivity contribution in [1.29, 1.82) is 0 Å². The lowest BCUT2D eigenvalue weighted by Crippen LogP contribution is -2.15. The van der Waals surface area contributed by atoms with Crippen molar-refractivity contribution < 1.29 is 33.0 Å². The van der Waals surface area contributed by atoms with Crippen LogP contribution >= 0.6 is 11.3 Å². The van der Waals surface area contributed by atoms with Crippen LogP contribution in [0.25, 0.3) is 0 Å². The standard InChI is InChI=1S/C13H9F3N2O4S/c14-13(15,16)10-9(11(21)22)23-12(18-10)17-8(20)5-6-2-1-3-7(19)4-6/h1-4,19H,5H2,(H,21,22)(H,17,18,20). The lowest BCUT2D eigenvalue weighted by Gasteiger charge is -2.03. The molecule has 0 bridgehead atoms. The third kappa shape index (κ3) is 4.19. The number of nitrogens with one attached hydrogen (secondary N) is 1. The summed E-state index contributed by atoms with van der Waals surface area (Å²) in [5.41, 5.74) is -1.11. The van der Waals surface area contributed by atoms with Gasteiger partial charge in [0.25, 0.3) is 0 Å². The number of carbonyl (C=O) groups is 2. The smallest absolute Gasteiger partial charge is 0.435 e. The number of thiazole rings is 1. The van der Waals surface area contributed by atoms with Crippen molar-refractivity contribution in [2.24, 2.45) is 0 Å². The zero-order valence-corrected chi connectivity index (χ0v) is 12.0. The van der Waals surface area contributed by atoms with Gasteiger partial charge < -0.3 is 15.5 Å². The summed E-state index contributed by atoms with van der Waals surface area (Å²) in [4.78, 5) is 24.7. The van der Waals surface area contributed by atoms with Gasteiger partial charge in [-0.25, -0.2) is 9.78 Å². The Balaban J connectivity index is 2.17. The summed E-state index contributed by atoms with van der Waals surface area (Å²) in [6, 6.07) is 5.78. The number of aromatic carboxylic acids is 1. The van der Waals surface area contributed by atoms with Crippen LogP contribution in [0.4, 0.5) is 18.3 Å². The average molecular weight is 346 g/mol. The number of benzene rings is 1. The molecule has 0 aliphatic rings. The van der Waals surface area contributed by atoms with Crippen LogP contribution < -0.4 is 5.32 Å². The lowest BCUT2D eigenvalue weighted by molar-refractivity contribution is -0.141. The summed E-state index contributed by atoms with van der Waals surface area (Å²) in [7, 11) is 0. The van der Waals surface area contributed by atoms with E-state index in [0.717, 1.165) is 0 Å². The number of carboxylic acid groups (broad SMARTS) is 1. The molecule has 0 radical (unpaired) electrons. The SMILES string of the molecule is O=C(Cc1cccc(O)c1)Nc1nc(C(F)(F)F)c(C(=O)O)s1. The predicted octanol–water partition coefficient (Wildman–Crippen LogP) is 2.75. The Labute approximate surface area is 131 Å². The first-order valence-corrected chi connectivity index (χ1v) is 6.87. The van der Waals surface area contributed by atoms with E-state index < -0.39 is 33.8 Å². The predicted molar refractivity (Wildman–Crippen MR) is 74.5 cm³/mol. The molecule has 1 heterocycles. The summed E-state index contributed by atoms with van der Waals surface area (Å²) in [6.45, 7) is 0. The second-order valence-corrected chi connectivity index (χ2v) is 5.39. The minimum absolute atomic E-state index is 0.0583. The van der Waals surface area contributed by atoms with Gasteiger partial charge in [0.05, 0.1) is 6.42 Å². The van der Waals surface area contributed by atoms with Crippen LogP contribution in [0.15, 0.2) is 24.3 Å². The van der Waals surface area contributed by atoms with E-state index in [1.165, 1.54) is 18.2 Å². The quantitative estimate of drug-likeness (QED) is 0.790. The Hall–Kier alpha value is -2.62. The van der Waals surface area contributed by atoms with Gasteiger partial charge >= 0.3 is 12.1 Å². The highest BCUT2D eigenvalue weighted by Crippen LogP contribution is 2.36. The molecule has 0 aliphatic heterocycles. The van der Waals surface area contributed by atoms with Crippen molar-refractivity contribution in [3.8, 4) is 5.75 Å². The molecule has 0 saturated heterocycles. The number of phenolic OH excluding ortho intramolecular Hbond substituents is 1. The molecule has 3 N–H and O–H groups in total. The molecule has 1 aromatic carbocycles. The zero-order chi connectivity index (χ0) is 17.2. The Morgan fingerprint density at radius 1 is 1.30 bits per heavy atom. The summed E-state index contributed by atoms with van der Waals surface area (Å²) in [5.74, 6) is -2.52. The van der Waals surface area contributed by atoms with E-state index in [2.05, 4.69) is 10.3 Å². The molecule has 10 heteroatoms. The van der Waals surface area contributed by atoms with Gasteiger partial charge in [0.1, 0.15) is 10.6 Å². The Morgan fingerprint density at radius 2 is 2.00 bits per heavy atom. The highest BCUT2D eigenvalue weighted by molar-refractivity contribution is 7.17. The van der Waals surface area contributed by atoms with Crippen LogP contribution in [0, 0.1) is 0 Å². The van der Waals surface area contributed by atoms with Gasteiger partial charge in [-0.3, -0.25) is 4.79 Å². The van der Waals surface area contributed by atoms with E-state index in [-0.39, 0.29) is 23.5 Å². The first-order chi connectivity index (χ1) is 10.7. The number of amides is 1. The van der Waals surface area contributed by atoms with Gasteiger partial charge in [-0.2, -0.15) is 13.2 Å². The molecular weight excluding hydrogens is 337 g/mol. The number of halogens is 3. The second-order valence-electron chi connectivity index (χ2n) is 4.39. The third-order valence-electron chi connectivity index (χ3n) is 2.61. The van der Waals surface area contributed by atoms with Crippen LogP contribution in [0.5, 0.6) is 5.75 Å². The molecule has 122 valence electrons. The topological polar surface area (TPSA) is 99.5 Å². The van der Waals surface area contributed by atoms with Crippen LogP contribution in [0.1, 0.15) is 20.9 Å². The van der Waals surface area contributed by atoms with Gasteiger partial charge in [-0.05, 0) is 17.7 Å². The minimum Gasteiger partial charge on any atom is -0.508 e. The van der Waals surface area contributed by atoms with E-state index in [9.17, 15) is 27.9 Å². The van der Waals surface area contributed by atoms with Gasteiger partial charge in [-0.15, -0.1) is 0 Å². The molecule has 2 aromatic rings. The Bertz CT molecular complexity index is 758. The first-order valence-electron chi connectivity index (χ1n) is 6.06. The van der Waals surface area contributed by atoms with E-state index >= 15 is 0 Å². The Morgan fingerprint density at radius 3 is 2.52 bits per heavy atom. The number of carboxylic acids is 1. The normalized spacial score (nSPS) is 11.3.